The first-order chi connectivity index (χ1) is 11.1. The number of nitrogens with one attached hydrogen (secondary N) is 1. The van der Waals surface area contributed by atoms with E-state index in [0.717, 1.165) is 24.6 Å². The van der Waals surface area contributed by atoms with Gasteiger partial charge < -0.3 is 15.1 Å². The summed E-state index contributed by atoms with van der Waals surface area (Å²) < 4.78 is 0. The third kappa shape index (κ3) is 4.79. The molecule has 1 aromatic carbocycles. The standard InChI is InChI=1S/C18H24N4O/c1-4-22(16-8-6-5-7-9-16)18(23)15-10-11-17(20-14-15)19-12-13-21(2)3/h5-11,14H,4,12-13H2,1-3H3,(H,19,20). The number of pyridine rings is 1. The van der Waals surface area contributed by atoms with Gasteiger partial charge in [-0.3, -0.25) is 4.79 Å². The zero-order valence-electron chi connectivity index (χ0n) is 14.0. The van der Waals surface area contributed by atoms with Crippen LogP contribution in [0.25, 0.3) is 0 Å². The van der Waals surface area contributed by atoms with Crippen molar-refractivity contribution in [2.75, 3.05) is 43.9 Å². The molecule has 0 atom stereocenters. The van der Waals surface area contributed by atoms with Crippen LogP contribution in [-0.4, -0.2) is 49.5 Å². The number of para-hydroxylation sites is 1. The fourth-order valence-electron chi connectivity index (χ4n) is 2.24. The molecule has 2 rings (SSSR count). The van der Waals surface area contributed by atoms with E-state index in [1.165, 1.54) is 0 Å². The van der Waals surface area contributed by atoms with Crippen LogP contribution in [0.3, 0.4) is 0 Å². The molecule has 1 amide bonds. The van der Waals surface area contributed by atoms with E-state index in [1.54, 1.807) is 11.1 Å². The summed E-state index contributed by atoms with van der Waals surface area (Å²) in [7, 11) is 4.06. The van der Waals surface area contributed by atoms with Gasteiger partial charge in [-0.2, -0.15) is 0 Å². The van der Waals surface area contributed by atoms with Crippen molar-refractivity contribution < 1.29 is 4.79 Å². The van der Waals surface area contributed by atoms with Gasteiger partial charge in [0.05, 0.1) is 5.56 Å². The average Bonchev–Trinajstić information content (AvgIpc) is 2.57. The van der Waals surface area contributed by atoms with Crippen LogP contribution in [0.15, 0.2) is 48.7 Å². The first-order valence-electron chi connectivity index (χ1n) is 7.83. The molecular weight excluding hydrogens is 288 g/mol. The SMILES string of the molecule is CCN(C(=O)c1ccc(NCCN(C)C)nc1)c1ccccc1. The smallest absolute Gasteiger partial charge is 0.259 e. The lowest BCUT2D eigenvalue weighted by Gasteiger charge is -2.21. The molecule has 0 bridgehead atoms. The monoisotopic (exact) mass is 312 g/mol. The lowest BCUT2D eigenvalue weighted by molar-refractivity contribution is 0.0988. The van der Waals surface area contributed by atoms with Crippen LogP contribution in [0.4, 0.5) is 11.5 Å². The molecule has 23 heavy (non-hydrogen) atoms. The molecule has 0 unspecified atom stereocenters. The number of nitrogens with zero attached hydrogens (tertiary/aromatic N) is 3. The molecule has 1 aromatic heterocycles. The molecule has 0 aliphatic carbocycles. The number of rotatable bonds is 7. The van der Waals surface area contributed by atoms with Crippen LogP contribution in [0.5, 0.6) is 0 Å². The first-order valence-corrected chi connectivity index (χ1v) is 7.83. The van der Waals surface area contributed by atoms with Crippen LogP contribution >= 0.6 is 0 Å². The van der Waals surface area contributed by atoms with Crippen LogP contribution in [0, 0.1) is 0 Å². The summed E-state index contributed by atoms with van der Waals surface area (Å²) in [5.41, 5.74) is 1.49. The normalized spacial score (nSPS) is 10.6. The van der Waals surface area contributed by atoms with E-state index in [-0.39, 0.29) is 5.91 Å². The van der Waals surface area contributed by atoms with Gasteiger partial charge >= 0.3 is 0 Å². The summed E-state index contributed by atoms with van der Waals surface area (Å²) in [6.45, 7) is 4.33. The number of likely N-dealkylation sites (N-methyl/N-ethyl adjacent to an activating group) is 1. The summed E-state index contributed by atoms with van der Waals surface area (Å²) in [6.07, 6.45) is 1.63. The van der Waals surface area contributed by atoms with Gasteiger partial charge in [-0.05, 0) is 45.3 Å². The largest absolute Gasteiger partial charge is 0.369 e. The second-order valence-electron chi connectivity index (χ2n) is 5.55. The van der Waals surface area contributed by atoms with Gasteiger partial charge in [-0.25, -0.2) is 4.98 Å². The van der Waals surface area contributed by atoms with E-state index in [9.17, 15) is 4.79 Å². The number of carbonyl (C=O) groups is 1. The molecule has 0 saturated carbocycles. The third-order valence-corrected chi connectivity index (χ3v) is 3.50. The van der Waals surface area contributed by atoms with Crippen molar-refractivity contribution in [3.63, 3.8) is 0 Å². The maximum absolute atomic E-state index is 12.6. The fourth-order valence-corrected chi connectivity index (χ4v) is 2.24. The zero-order chi connectivity index (χ0) is 16.7. The lowest BCUT2D eigenvalue weighted by Crippen LogP contribution is -2.30. The van der Waals surface area contributed by atoms with Crippen molar-refractivity contribution in [3.8, 4) is 0 Å². The molecular formula is C18H24N4O. The summed E-state index contributed by atoms with van der Waals surface area (Å²) in [5, 5.41) is 3.24. The van der Waals surface area contributed by atoms with E-state index in [1.807, 2.05) is 63.5 Å². The zero-order valence-corrected chi connectivity index (χ0v) is 14.0. The molecule has 0 radical (unpaired) electrons. The Morgan fingerprint density at radius 2 is 1.87 bits per heavy atom. The highest BCUT2D eigenvalue weighted by atomic mass is 16.2. The summed E-state index contributed by atoms with van der Waals surface area (Å²) in [6, 6.07) is 13.3. The van der Waals surface area contributed by atoms with Crippen molar-refractivity contribution in [1.82, 2.24) is 9.88 Å². The Morgan fingerprint density at radius 3 is 2.43 bits per heavy atom. The lowest BCUT2D eigenvalue weighted by atomic mass is 10.2. The summed E-state index contributed by atoms with van der Waals surface area (Å²) in [4.78, 5) is 20.8. The first kappa shape index (κ1) is 17.0. The van der Waals surface area contributed by atoms with Crippen molar-refractivity contribution in [3.05, 3.63) is 54.2 Å². The maximum Gasteiger partial charge on any atom is 0.259 e. The topological polar surface area (TPSA) is 48.5 Å². The molecule has 1 heterocycles. The Labute approximate surface area is 137 Å². The molecule has 0 aliphatic rings. The van der Waals surface area contributed by atoms with Gasteiger partial charge in [-0.15, -0.1) is 0 Å². The molecule has 2 aromatic rings. The highest BCUT2D eigenvalue weighted by molar-refractivity contribution is 6.05. The van der Waals surface area contributed by atoms with E-state index >= 15 is 0 Å². The predicted molar refractivity (Wildman–Crippen MR) is 95.1 cm³/mol. The van der Waals surface area contributed by atoms with E-state index in [4.69, 9.17) is 0 Å². The molecule has 0 saturated heterocycles. The fraction of sp³-hybridized carbons (Fsp3) is 0.333. The van der Waals surface area contributed by atoms with E-state index in [2.05, 4.69) is 15.2 Å². The van der Waals surface area contributed by atoms with Crippen molar-refractivity contribution in [2.45, 2.75) is 6.92 Å². The Kier molecular flexibility index (Phi) is 6.11. The van der Waals surface area contributed by atoms with Gasteiger partial charge in [-0.1, -0.05) is 18.2 Å². The quantitative estimate of drug-likeness (QED) is 0.854. The van der Waals surface area contributed by atoms with Crippen LogP contribution in [0.2, 0.25) is 0 Å². The Balaban J connectivity index is 2.04. The molecule has 122 valence electrons. The number of hydrogen-bond acceptors (Lipinski definition) is 4. The minimum Gasteiger partial charge on any atom is -0.369 e. The average molecular weight is 312 g/mol. The number of hydrogen-bond donors (Lipinski definition) is 1. The van der Waals surface area contributed by atoms with Crippen LogP contribution in [0.1, 0.15) is 17.3 Å². The Hall–Kier alpha value is -2.40. The second-order valence-corrected chi connectivity index (χ2v) is 5.55. The maximum atomic E-state index is 12.6. The molecule has 5 heteroatoms. The Morgan fingerprint density at radius 1 is 1.13 bits per heavy atom. The van der Waals surface area contributed by atoms with Crippen molar-refractivity contribution in [1.29, 1.82) is 0 Å². The molecule has 5 nitrogen and oxygen atoms in total. The highest BCUT2D eigenvalue weighted by Crippen LogP contribution is 2.16. The minimum absolute atomic E-state index is 0.0361. The van der Waals surface area contributed by atoms with E-state index < -0.39 is 0 Å². The number of aromatic nitrogens is 1. The van der Waals surface area contributed by atoms with E-state index in [0.29, 0.717) is 12.1 Å². The molecule has 0 fully saturated rings. The Bertz CT molecular complexity index is 611. The molecule has 0 spiro atoms. The van der Waals surface area contributed by atoms with Crippen LogP contribution in [-0.2, 0) is 0 Å². The van der Waals surface area contributed by atoms with Gasteiger partial charge in [0, 0.05) is 31.5 Å². The number of carbonyl (C=O) groups excluding carboxylic acids is 1. The predicted octanol–water partition coefficient (Wildman–Crippen LogP) is 2.72. The van der Waals surface area contributed by atoms with Gasteiger partial charge in [0.15, 0.2) is 0 Å². The van der Waals surface area contributed by atoms with Gasteiger partial charge in [0.25, 0.3) is 5.91 Å². The highest BCUT2D eigenvalue weighted by Gasteiger charge is 2.16. The van der Waals surface area contributed by atoms with Gasteiger partial charge in [0.1, 0.15) is 5.82 Å². The second kappa shape index (κ2) is 8.29. The summed E-state index contributed by atoms with van der Waals surface area (Å²) in [5.74, 6) is 0.747. The van der Waals surface area contributed by atoms with Crippen molar-refractivity contribution in [2.24, 2.45) is 0 Å². The molecule has 1 N–H and O–H groups in total. The molecule has 0 aliphatic heterocycles. The third-order valence-electron chi connectivity index (χ3n) is 3.50. The summed E-state index contributed by atoms with van der Waals surface area (Å²) >= 11 is 0. The number of anilines is 2. The number of benzene rings is 1. The van der Waals surface area contributed by atoms with Crippen molar-refractivity contribution >= 4 is 17.4 Å². The van der Waals surface area contributed by atoms with Crippen LogP contribution < -0.4 is 10.2 Å². The number of amides is 1. The minimum atomic E-state index is -0.0361. The van der Waals surface area contributed by atoms with Gasteiger partial charge in [0.2, 0.25) is 0 Å².